The van der Waals surface area contributed by atoms with Crippen molar-refractivity contribution in [2.24, 2.45) is 0 Å². The second-order valence-electron chi connectivity index (χ2n) is 5.70. The number of nitrogens with zero attached hydrogens (tertiary/aromatic N) is 1. The molecule has 3 nitrogen and oxygen atoms in total. The first kappa shape index (κ1) is 12.7. The predicted octanol–water partition coefficient (Wildman–Crippen LogP) is 2.66. The Hall–Kier alpha value is -1.32. The zero-order valence-corrected chi connectivity index (χ0v) is 11.5. The highest BCUT2D eigenvalue weighted by atomic mass is 16.3. The van der Waals surface area contributed by atoms with Crippen LogP contribution in [0.25, 0.3) is 10.9 Å². The first-order valence-electron chi connectivity index (χ1n) is 7.21. The van der Waals surface area contributed by atoms with Crippen LogP contribution in [0.5, 0.6) is 0 Å². The van der Waals surface area contributed by atoms with E-state index in [0.29, 0.717) is 0 Å². The molecule has 0 amide bonds. The summed E-state index contributed by atoms with van der Waals surface area (Å²) in [6.45, 7) is 3.68. The van der Waals surface area contributed by atoms with Crippen molar-refractivity contribution in [3.05, 3.63) is 36.0 Å². The first-order valence-corrected chi connectivity index (χ1v) is 7.21. The molecule has 2 aromatic rings. The Morgan fingerprint density at radius 1 is 1.37 bits per heavy atom. The highest BCUT2D eigenvalue weighted by Gasteiger charge is 2.19. The number of aliphatic hydroxyl groups is 1. The van der Waals surface area contributed by atoms with Crippen LogP contribution < -0.4 is 5.32 Å². The van der Waals surface area contributed by atoms with Crippen LogP contribution in [0.3, 0.4) is 0 Å². The maximum Gasteiger partial charge on any atom is 0.0529 e. The van der Waals surface area contributed by atoms with Crippen molar-refractivity contribution in [1.82, 2.24) is 9.88 Å². The van der Waals surface area contributed by atoms with E-state index in [1.165, 1.54) is 29.3 Å². The molecule has 2 N–H and O–H groups in total. The van der Waals surface area contributed by atoms with Gasteiger partial charge in [-0.3, -0.25) is 0 Å². The number of nitrogens with one attached hydrogen (secondary N) is 1. The second kappa shape index (κ2) is 5.35. The number of aliphatic hydroxyl groups excluding tert-OH is 1. The molecule has 0 spiro atoms. The van der Waals surface area contributed by atoms with Gasteiger partial charge in [0.2, 0.25) is 0 Å². The molecule has 1 saturated carbocycles. The molecule has 1 aromatic heterocycles. The van der Waals surface area contributed by atoms with Crippen molar-refractivity contribution in [1.29, 1.82) is 0 Å². The van der Waals surface area contributed by atoms with E-state index in [2.05, 4.69) is 40.3 Å². The number of benzene rings is 1. The number of aromatic nitrogens is 1. The van der Waals surface area contributed by atoms with Gasteiger partial charge in [0.25, 0.3) is 0 Å². The standard InChI is InChI=1S/C16H22N2O/c1-12(19)6-8-18-9-7-14-3-2-13(10-16(14)18)11-17-15-4-5-15/h2-3,7,9-10,12,15,17,19H,4-6,8,11H2,1H3. The van der Waals surface area contributed by atoms with Gasteiger partial charge in [-0.15, -0.1) is 0 Å². The smallest absolute Gasteiger partial charge is 0.0529 e. The molecule has 0 aliphatic heterocycles. The summed E-state index contributed by atoms with van der Waals surface area (Å²) in [7, 11) is 0. The van der Waals surface area contributed by atoms with Crippen LogP contribution in [0.15, 0.2) is 30.5 Å². The minimum Gasteiger partial charge on any atom is -0.393 e. The lowest BCUT2D eigenvalue weighted by Crippen LogP contribution is -2.15. The lowest BCUT2D eigenvalue weighted by molar-refractivity contribution is 0.178. The van der Waals surface area contributed by atoms with Gasteiger partial charge in [0.15, 0.2) is 0 Å². The van der Waals surface area contributed by atoms with Crippen molar-refractivity contribution in [3.8, 4) is 0 Å². The summed E-state index contributed by atoms with van der Waals surface area (Å²) in [5.41, 5.74) is 2.62. The van der Waals surface area contributed by atoms with Crippen molar-refractivity contribution in [2.45, 2.75) is 51.4 Å². The Balaban J connectivity index is 1.76. The summed E-state index contributed by atoms with van der Waals surface area (Å²) >= 11 is 0. The van der Waals surface area contributed by atoms with Crippen molar-refractivity contribution in [3.63, 3.8) is 0 Å². The molecule has 0 radical (unpaired) electrons. The molecule has 1 fully saturated rings. The van der Waals surface area contributed by atoms with E-state index in [9.17, 15) is 5.11 Å². The third kappa shape index (κ3) is 3.17. The fourth-order valence-corrected chi connectivity index (χ4v) is 2.41. The summed E-state index contributed by atoms with van der Waals surface area (Å²) < 4.78 is 2.24. The molecule has 102 valence electrons. The topological polar surface area (TPSA) is 37.2 Å². The zero-order valence-electron chi connectivity index (χ0n) is 11.5. The quantitative estimate of drug-likeness (QED) is 0.836. The molecule has 1 aliphatic rings. The molecule has 3 rings (SSSR count). The van der Waals surface area contributed by atoms with Gasteiger partial charge < -0.3 is 15.0 Å². The molecule has 1 atom stereocenters. The average molecular weight is 258 g/mol. The first-order chi connectivity index (χ1) is 9.22. The molecule has 1 aliphatic carbocycles. The van der Waals surface area contributed by atoms with Gasteiger partial charge in [0.1, 0.15) is 0 Å². The van der Waals surface area contributed by atoms with E-state index in [1.807, 2.05) is 6.92 Å². The summed E-state index contributed by atoms with van der Waals surface area (Å²) in [5, 5.41) is 14.2. The number of hydrogen-bond acceptors (Lipinski definition) is 2. The lowest BCUT2D eigenvalue weighted by atomic mass is 10.1. The number of aryl methyl sites for hydroxylation is 1. The highest BCUT2D eigenvalue weighted by Crippen LogP contribution is 2.21. The number of fused-ring (bicyclic) bond motifs is 1. The van der Waals surface area contributed by atoms with E-state index in [4.69, 9.17) is 0 Å². The Morgan fingerprint density at radius 2 is 2.21 bits per heavy atom. The Labute approximate surface area is 114 Å². The zero-order chi connectivity index (χ0) is 13.2. The summed E-state index contributed by atoms with van der Waals surface area (Å²) in [6.07, 6.45) is 5.33. The van der Waals surface area contributed by atoms with E-state index in [0.717, 1.165) is 25.6 Å². The minimum absolute atomic E-state index is 0.239. The largest absolute Gasteiger partial charge is 0.393 e. The lowest BCUT2D eigenvalue weighted by Gasteiger charge is -2.09. The molecular weight excluding hydrogens is 236 g/mol. The fourth-order valence-electron chi connectivity index (χ4n) is 2.41. The molecule has 1 aromatic carbocycles. The van der Waals surface area contributed by atoms with E-state index in [1.54, 1.807) is 0 Å². The van der Waals surface area contributed by atoms with Gasteiger partial charge in [0, 0.05) is 30.8 Å². The molecule has 3 heteroatoms. The summed E-state index contributed by atoms with van der Waals surface area (Å²) in [5.74, 6) is 0. The number of rotatable bonds is 6. The van der Waals surface area contributed by atoms with E-state index >= 15 is 0 Å². The molecule has 19 heavy (non-hydrogen) atoms. The van der Waals surface area contributed by atoms with Crippen LogP contribution in [0.1, 0.15) is 31.7 Å². The van der Waals surface area contributed by atoms with Crippen molar-refractivity contribution in [2.75, 3.05) is 0 Å². The molecule has 0 bridgehead atoms. The van der Waals surface area contributed by atoms with Gasteiger partial charge in [-0.2, -0.15) is 0 Å². The van der Waals surface area contributed by atoms with E-state index < -0.39 is 0 Å². The fraction of sp³-hybridized carbons (Fsp3) is 0.500. The number of hydrogen-bond donors (Lipinski definition) is 2. The Kier molecular flexibility index (Phi) is 3.58. The normalized spacial score (nSPS) is 16.9. The van der Waals surface area contributed by atoms with Crippen LogP contribution in [-0.4, -0.2) is 21.8 Å². The van der Waals surface area contributed by atoms with Crippen LogP contribution in [-0.2, 0) is 13.1 Å². The predicted molar refractivity (Wildman–Crippen MR) is 78.1 cm³/mol. The van der Waals surface area contributed by atoms with E-state index in [-0.39, 0.29) is 6.10 Å². The Morgan fingerprint density at radius 3 is 2.95 bits per heavy atom. The van der Waals surface area contributed by atoms with Gasteiger partial charge in [-0.25, -0.2) is 0 Å². The SMILES string of the molecule is CC(O)CCn1ccc2ccc(CNC3CC3)cc21. The maximum absolute atomic E-state index is 9.41. The monoisotopic (exact) mass is 258 g/mol. The molecular formula is C16H22N2O. The Bertz CT molecular complexity index is 555. The third-order valence-corrected chi connectivity index (χ3v) is 3.80. The third-order valence-electron chi connectivity index (χ3n) is 3.80. The van der Waals surface area contributed by atoms with Crippen LogP contribution in [0, 0.1) is 0 Å². The van der Waals surface area contributed by atoms with Gasteiger partial charge in [-0.05, 0) is 49.3 Å². The van der Waals surface area contributed by atoms with Crippen molar-refractivity contribution >= 4 is 10.9 Å². The van der Waals surface area contributed by atoms with Gasteiger partial charge >= 0.3 is 0 Å². The van der Waals surface area contributed by atoms with Crippen molar-refractivity contribution < 1.29 is 5.11 Å². The summed E-state index contributed by atoms with van der Waals surface area (Å²) in [6, 6.07) is 9.56. The minimum atomic E-state index is -0.239. The van der Waals surface area contributed by atoms with Crippen LogP contribution in [0.4, 0.5) is 0 Å². The molecule has 1 unspecified atom stereocenters. The summed E-state index contributed by atoms with van der Waals surface area (Å²) in [4.78, 5) is 0. The average Bonchev–Trinajstić information content (AvgIpc) is 3.14. The molecule has 0 saturated heterocycles. The second-order valence-corrected chi connectivity index (χ2v) is 5.70. The maximum atomic E-state index is 9.41. The van der Waals surface area contributed by atoms with Crippen LogP contribution >= 0.6 is 0 Å². The van der Waals surface area contributed by atoms with Crippen LogP contribution in [0.2, 0.25) is 0 Å². The highest BCUT2D eigenvalue weighted by molar-refractivity contribution is 5.80. The molecule has 1 heterocycles. The van der Waals surface area contributed by atoms with Gasteiger partial charge in [-0.1, -0.05) is 12.1 Å². The van der Waals surface area contributed by atoms with Gasteiger partial charge in [0.05, 0.1) is 6.10 Å².